The summed E-state index contributed by atoms with van der Waals surface area (Å²) in [5.41, 5.74) is 0.934. The Morgan fingerprint density at radius 2 is 2.19 bits per heavy atom. The van der Waals surface area contributed by atoms with E-state index in [-0.39, 0.29) is 0 Å². The molecule has 86 valence electrons. The fourth-order valence-corrected chi connectivity index (χ4v) is 1.85. The molecule has 0 fully saturated rings. The lowest BCUT2D eigenvalue weighted by molar-refractivity contribution is 0.0717. The number of hydrogen-bond acceptors (Lipinski definition) is 2. The number of rotatable bonds is 3. The van der Waals surface area contributed by atoms with Crippen LogP contribution in [0.3, 0.4) is 0 Å². The smallest absolute Gasteiger partial charge is 0.0976 e. The summed E-state index contributed by atoms with van der Waals surface area (Å²) in [7, 11) is 0. The van der Waals surface area contributed by atoms with Gasteiger partial charge in [-0.15, -0.1) is 0 Å². The molecule has 0 aliphatic carbocycles. The molecule has 0 spiro atoms. The van der Waals surface area contributed by atoms with Crippen LogP contribution in [0.4, 0.5) is 0 Å². The number of halogens is 1. The van der Waals surface area contributed by atoms with Crippen molar-refractivity contribution in [3.05, 3.63) is 34.3 Å². The van der Waals surface area contributed by atoms with Gasteiger partial charge >= 0.3 is 0 Å². The number of aryl methyl sites for hydroxylation is 1. The van der Waals surface area contributed by atoms with Gasteiger partial charge in [-0.05, 0) is 43.5 Å². The number of nitrogens with zero attached hydrogens (tertiary/aromatic N) is 1. The van der Waals surface area contributed by atoms with Gasteiger partial charge in [-0.25, -0.2) is 0 Å². The van der Waals surface area contributed by atoms with Gasteiger partial charge in [0.25, 0.3) is 0 Å². The van der Waals surface area contributed by atoms with E-state index in [0.717, 1.165) is 11.1 Å². The second kappa shape index (κ2) is 4.86. The van der Waals surface area contributed by atoms with Crippen LogP contribution < -0.4 is 0 Å². The molecule has 0 saturated carbocycles. The van der Waals surface area contributed by atoms with E-state index < -0.39 is 11.5 Å². The van der Waals surface area contributed by atoms with Crippen LogP contribution in [0.15, 0.2) is 18.2 Å². The van der Waals surface area contributed by atoms with Crippen molar-refractivity contribution >= 4 is 11.6 Å². The third kappa shape index (κ3) is 2.37. The summed E-state index contributed by atoms with van der Waals surface area (Å²) in [6, 6.07) is 7.51. The second-order valence-corrected chi connectivity index (χ2v) is 4.72. The Bertz CT molecular complexity index is 424. The summed E-state index contributed by atoms with van der Waals surface area (Å²) in [5.74, 6) is 0. The molecule has 2 unspecified atom stereocenters. The summed E-state index contributed by atoms with van der Waals surface area (Å²) in [6.07, 6.45) is -0.174. The summed E-state index contributed by atoms with van der Waals surface area (Å²) in [6.45, 7) is 5.56. The number of aliphatic hydroxyl groups is 1. The molecule has 0 aliphatic rings. The number of aliphatic hydroxyl groups excluding tert-OH is 1. The molecular formula is C13H16ClNO. The van der Waals surface area contributed by atoms with Crippen molar-refractivity contribution in [2.24, 2.45) is 5.41 Å². The fourth-order valence-electron chi connectivity index (χ4n) is 1.62. The summed E-state index contributed by atoms with van der Waals surface area (Å²) < 4.78 is 0. The van der Waals surface area contributed by atoms with Gasteiger partial charge in [-0.2, -0.15) is 5.26 Å². The third-order valence-corrected chi connectivity index (χ3v) is 3.35. The van der Waals surface area contributed by atoms with Crippen LogP contribution >= 0.6 is 11.6 Å². The van der Waals surface area contributed by atoms with Crippen molar-refractivity contribution in [3.63, 3.8) is 0 Å². The normalized spacial score (nSPS) is 16.2. The Hall–Kier alpha value is -1.04. The molecule has 2 atom stereocenters. The lowest BCUT2D eigenvalue weighted by atomic mass is 9.79. The van der Waals surface area contributed by atoms with Crippen molar-refractivity contribution in [1.29, 1.82) is 5.26 Å². The van der Waals surface area contributed by atoms with Gasteiger partial charge < -0.3 is 5.11 Å². The molecule has 0 heterocycles. The highest BCUT2D eigenvalue weighted by Crippen LogP contribution is 2.37. The average Bonchev–Trinajstić information content (AvgIpc) is 2.27. The standard InChI is InChI=1S/C13H16ClNO/c1-4-13(3,8-15)12(16)11-6-5-10(14)7-9(11)2/h5-7,12,16H,4H2,1-3H3. The van der Waals surface area contributed by atoms with E-state index in [1.54, 1.807) is 25.1 Å². The van der Waals surface area contributed by atoms with Crippen LogP contribution in [0.1, 0.15) is 37.5 Å². The van der Waals surface area contributed by atoms with Gasteiger partial charge in [0.05, 0.1) is 17.6 Å². The van der Waals surface area contributed by atoms with E-state index in [1.807, 2.05) is 13.8 Å². The average molecular weight is 238 g/mol. The molecule has 2 nitrogen and oxygen atoms in total. The number of hydrogen-bond donors (Lipinski definition) is 1. The maximum atomic E-state index is 10.2. The number of benzene rings is 1. The van der Waals surface area contributed by atoms with Crippen molar-refractivity contribution in [3.8, 4) is 6.07 Å². The van der Waals surface area contributed by atoms with Gasteiger partial charge in [-0.1, -0.05) is 24.6 Å². The predicted octanol–water partition coefficient (Wildman–Crippen LogP) is 3.62. The Morgan fingerprint density at radius 1 is 1.56 bits per heavy atom. The Balaban J connectivity index is 3.15. The molecule has 1 rings (SSSR count). The first kappa shape index (κ1) is 13.0. The van der Waals surface area contributed by atoms with Gasteiger partial charge in [0.1, 0.15) is 0 Å². The molecule has 0 aliphatic heterocycles. The Kier molecular flexibility index (Phi) is 3.96. The van der Waals surface area contributed by atoms with Crippen LogP contribution in [0.25, 0.3) is 0 Å². The van der Waals surface area contributed by atoms with E-state index in [1.165, 1.54) is 0 Å². The van der Waals surface area contributed by atoms with Gasteiger partial charge in [-0.3, -0.25) is 0 Å². The van der Waals surface area contributed by atoms with Crippen LogP contribution in [0, 0.1) is 23.7 Å². The second-order valence-electron chi connectivity index (χ2n) is 4.29. The van der Waals surface area contributed by atoms with Crippen LogP contribution in [-0.2, 0) is 0 Å². The Morgan fingerprint density at radius 3 is 2.62 bits per heavy atom. The van der Waals surface area contributed by atoms with Gasteiger partial charge in [0.2, 0.25) is 0 Å². The van der Waals surface area contributed by atoms with E-state index >= 15 is 0 Å². The van der Waals surface area contributed by atoms with Gasteiger partial charge in [0.15, 0.2) is 0 Å². The molecule has 1 N–H and O–H groups in total. The molecular weight excluding hydrogens is 222 g/mol. The molecule has 1 aromatic carbocycles. The Labute approximate surface area is 101 Å². The zero-order chi connectivity index (χ0) is 12.3. The van der Waals surface area contributed by atoms with Crippen molar-refractivity contribution in [2.75, 3.05) is 0 Å². The first-order valence-electron chi connectivity index (χ1n) is 5.30. The molecule has 0 aromatic heterocycles. The first-order valence-corrected chi connectivity index (χ1v) is 5.67. The van der Waals surface area contributed by atoms with Crippen molar-refractivity contribution in [2.45, 2.75) is 33.3 Å². The topological polar surface area (TPSA) is 44.0 Å². The van der Waals surface area contributed by atoms with Crippen LogP contribution in [-0.4, -0.2) is 5.11 Å². The SMILES string of the molecule is CCC(C)(C#N)C(O)c1ccc(Cl)cc1C. The molecule has 16 heavy (non-hydrogen) atoms. The minimum Gasteiger partial charge on any atom is -0.387 e. The maximum Gasteiger partial charge on any atom is 0.0976 e. The lowest BCUT2D eigenvalue weighted by Crippen LogP contribution is -2.23. The zero-order valence-corrected chi connectivity index (χ0v) is 10.5. The minimum absolute atomic E-state index is 0.604. The van der Waals surface area contributed by atoms with Crippen molar-refractivity contribution in [1.82, 2.24) is 0 Å². The molecule has 0 radical (unpaired) electrons. The summed E-state index contributed by atoms with van der Waals surface area (Å²) >= 11 is 5.86. The monoisotopic (exact) mass is 237 g/mol. The highest BCUT2D eigenvalue weighted by molar-refractivity contribution is 6.30. The maximum absolute atomic E-state index is 10.2. The highest BCUT2D eigenvalue weighted by Gasteiger charge is 2.33. The molecule has 3 heteroatoms. The van der Waals surface area contributed by atoms with E-state index in [9.17, 15) is 5.11 Å². The fraction of sp³-hybridized carbons (Fsp3) is 0.462. The molecule has 0 saturated heterocycles. The van der Waals surface area contributed by atoms with Crippen LogP contribution in [0.2, 0.25) is 5.02 Å². The van der Waals surface area contributed by atoms with E-state index in [4.69, 9.17) is 16.9 Å². The summed E-state index contributed by atoms with van der Waals surface area (Å²) in [5, 5.41) is 20.0. The zero-order valence-electron chi connectivity index (χ0n) is 9.79. The van der Waals surface area contributed by atoms with E-state index in [2.05, 4.69) is 6.07 Å². The minimum atomic E-state index is -0.778. The van der Waals surface area contributed by atoms with E-state index in [0.29, 0.717) is 11.4 Å². The molecule has 0 amide bonds. The largest absolute Gasteiger partial charge is 0.387 e. The highest BCUT2D eigenvalue weighted by atomic mass is 35.5. The lowest BCUT2D eigenvalue weighted by Gasteiger charge is -2.27. The van der Waals surface area contributed by atoms with Gasteiger partial charge in [0, 0.05) is 5.02 Å². The van der Waals surface area contributed by atoms with Crippen molar-refractivity contribution < 1.29 is 5.11 Å². The van der Waals surface area contributed by atoms with Crippen LogP contribution in [0.5, 0.6) is 0 Å². The quantitative estimate of drug-likeness (QED) is 0.873. The first-order chi connectivity index (χ1) is 7.44. The summed E-state index contributed by atoms with van der Waals surface area (Å²) in [4.78, 5) is 0. The predicted molar refractivity (Wildman–Crippen MR) is 65.2 cm³/mol. The molecule has 1 aromatic rings. The number of nitriles is 1. The third-order valence-electron chi connectivity index (χ3n) is 3.12. The molecule has 0 bridgehead atoms.